The molecule has 2 saturated carbocycles. The molecular weight excluding hydrogens is 743 g/mol. The molecule has 4 bridgehead atoms. The van der Waals surface area contributed by atoms with Crippen molar-refractivity contribution in [2.45, 2.75) is 115 Å². The smallest absolute Gasteiger partial charge is 0.410 e. The molecule has 3 aliphatic heterocycles. The van der Waals surface area contributed by atoms with Crippen LogP contribution in [0.3, 0.4) is 0 Å². The van der Waals surface area contributed by atoms with Crippen LogP contribution in [-0.4, -0.2) is 96.0 Å². The lowest BCUT2D eigenvalue weighted by Crippen LogP contribution is -2.58. The maximum Gasteiger partial charge on any atom is 0.410 e. The van der Waals surface area contributed by atoms with Gasteiger partial charge < -0.3 is 25.0 Å². The average Bonchev–Trinajstić information content (AvgIpc) is 4.02. The highest BCUT2D eigenvalue weighted by Gasteiger charge is 2.62. The number of carbonyl (C=O) groups excluding carboxylic acids is 6. The second-order valence-corrected chi connectivity index (χ2v) is 18.5. The first kappa shape index (κ1) is 40.7. The first-order valence-electron chi connectivity index (χ1n) is 19.1. The number of hydrogen-bond donors (Lipinski definition) is 3. The summed E-state index contributed by atoms with van der Waals surface area (Å²) < 4.78 is 39.0. The van der Waals surface area contributed by atoms with Gasteiger partial charge in [0.15, 0.2) is 5.78 Å². The van der Waals surface area contributed by atoms with Gasteiger partial charge in [0.25, 0.3) is 5.91 Å². The van der Waals surface area contributed by atoms with Gasteiger partial charge in [-0.05, 0) is 74.1 Å². The zero-order chi connectivity index (χ0) is 40.6. The molecule has 5 atom stereocenters. The summed E-state index contributed by atoms with van der Waals surface area (Å²) in [7, 11) is -3.95. The van der Waals surface area contributed by atoms with E-state index in [9.17, 15) is 37.2 Å². The molecule has 0 unspecified atom stereocenters. The van der Waals surface area contributed by atoms with Crippen LogP contribution in [-0.2, 0) is 51.8 Å². The van der Waals surface area contributed by atoms with Gasteiger partial charge in [-0.15, -0.1) is 6.58 Å². The lowest BCUT2D eigenvalue weighted by Gasteiger charge is -2.30. The Morgan fingerprint density at radius 1 is 1.11 bits per heavy atom. The molecule has 1 aromatic rings. The largest absolute Gasteiger partial charge is 0.449 e. The van der Waals surface area contributed by atoms with Crippen LogP contribution in [0.25, 0.3) is 6.08 Å². The fraction of sp³-hybridized carbons (Fsp3) is 0.550. The molecule has 3 heterocycles. The summed E-state index contributed by atoms with van der Waals surface area (Å²) >= 11 is 0. The summed E-state index contributed by atoms with van der Waals surface area (Å²) in [5.41, 5.74) is 1.48. The number of sulfonamides is 1. The molecule has 0 spiro atoms. The van der Waals surface area contributed by atoms with Crippen molar-refractivity contribution in [2.75, 3.05) is 13.2 Å². The second kappa shape index (κ2) is 15.9. The molecule has 302 valence electrons. The van der Waals surface area contributed by atoms with Crippen molar-refractivity contribution in [3.05, 3.63) is 65.3 Å². The molecule has 5 aliphatic rings. The Morgan fingerprint density at radius 3 is 2.54 bits per heavy atom. The number of ether oxygens (including phenoxy) is 2. The highest BCUT2D eigenvalue weighted by Crippen LogP contribution is 2.45. The van der Waals surface area contributed by atoms with E-state index in [1.54, 1.807) is 18.7 Å². The number of carbonyl (C=O) groups is 6. The highest BCUT2D eigenvalue weighted by molar-refractivity contribution is 7.91. The van der Waals surface area contributed by atoms with Crippen molar-refractivity contribution in [3.63, 3.8) is 0 Å². The van der Waals surface area contributed by atoms with Crippen LogP contribution in [0.15, 0.2) is 48.6 Å². The molecule has 56 heavy (non-hydrogen) atoms. The standard InChI is InChI=1S/C40H51N5O10S/c1-6-27-19-40(27,36(49)43-56(52,53)30-13-14-30)42-34(47)33-18-29-21-45(33)35(48)32(17-28(46)16-24(2)3)41-37(50)54-23-39(4,5)15-8-7-10-25-11-9-12-26-20-44(22-31(25)26)38(51)55-29/h6-7,9-12,16,27,29-30,32-33H,1,8,13-15,17-23H2,2-5H3,(H,41,50)(H,42,47)(H,43,49)/t27-,29-,32+,33+,40-/m1/s1. The predicted octanol–water partition coefficient (Wildman–Crippen LogP) is 3.63. The predicted molar refractivity (Wildman–Crippen MR) is 205 cm³/mol. The number of cyclic esters (lactones) is 1. The highest BCUT2D eigenvalue weighted by atomic mass is 32.2. The van der Waals surface area contributed by atoms with Crippen LogP contribution in [0.1, 0.15) is 89.3 Å². The summed E-state index contributed by atoms with van der Waals surface area (Å²) in [5, 5.41) is 4.55. The molecule has 2 aliphatic carbocycles. The van der Waals surface area contributed by atoms with Gasteiger partial charge >= 0.3 is 12.2 Å². The van der Waals surface area contributed by atoms with Crippen LogP contribution in [0.4, 0.5) is 9.59 Å². The average molecular weight is 794 g/mol. The van der Waals surface area contributed by atoms with Gasteiger partial charge in [0.05, 0.1) is 24.9 Å². The van der Waals surface area contributed by atoms with Crippen LogP contribution in [0.2, 0.25) is 0 Å². The molecule has 3 N–H and O–H groups in total. The molecule has 3 fully saturated rings. The summed E-state index contributed by atoms with van der Waals surface area (Å²) in [4.78, 5) is 84.9. The van der Waals surface area contributed by atoms with Gasteiger partial charge in [-0.3, -0.25) is 28.8 Å². The first-order valence-corrected chi connectivity index (χ1v) is 20.6. The molecule has 5 amide bonds. The molecule has 0 aromatic heterocycles. The number of nitrogens with zero attached hydrogens (tertiary/aromatic N) is 2. The molecule has 16 heteroatoms. The Labute approximate surface area is 327 Å². The van der Waals surface area contributed by atoms with Gasteiger partial charge in [-0.1, -0.05) is 55.8 Å². The molecule has 1 saturated heterocycles. The quantitative estimate of drug-likeness (QED) is 0.245. The number of allylic oxidation sites excluding steroid dienone is 3. The Kier molecular flexibility index (Phi) is 11.5. The topological polar surface area (TPSA) is 198 Å². The van der Waals surface area contributed by atoms with Crippen molar-refractivity contribution in [1.29, 1.82) is 0 Å². The summed E-state index contributed by atoms with van der Waals surface area (Å²) in [6, 6.07) is 3.04. The number of benzene rings is 1. The molecule has 6 rings (SSSR count). The third-order valence-corrected chi connectivity index (χ3v) is 12.8. The van der Waals surface area contributed by atoms with Crippen molar-refractivity contribution >= 4 is 51.8 Å². The molecular formula is C40H51N5O10S. The van der Waals surface area contributed by atoms with Crippen molar-refractivity contribution < 1.29 is 46.7 Å². The van der Waals surface area contributed by atoms with Crippen molar-refractivity contribution in [3.8, 4) is 0 Å². The summed E-state index contributed by atoms with van der Waals surface area (Å²) in [6.45, 7) is 11.4. The Bertz CT molecular complexity index is 1980. The van der Waals surface area contributed by atoms with E-state index in [2.05, 4.69) is 21.9 Å². The first-order chi connectivity index (χ1) is 26.4. The van der Waals surface area contributed by atoms with Crippen LogP contribution in [0.5, 0.6) is 0 Å². The van der Waals surface area contributed by atoms with Gasteiger partial charge in [0.1, 0.15) is 23.7 Å². The minimum absolute atomic E-state index is 0.0169. The van der Waals surface area contributed by atoms with Gasteiger partial charge in [-0.2, -0.15) is 0 Å². The van der Waals surface area contributed by atoms with E-state index in [0.717, 1.165) is 21.6 Å². The number of hydrogen-bond acceptors (Lipinski definition) is 10. The van der Waals surface area contributed by atoms with E-state index in [1.165, 1.54) is 12.2 Å². The third kappa shape index (κ3) is 9.17. The van der Waals surface area contributed by atoms with E-state index in [-0.39, 0.29) is 32.5 Å². The summed E-state index contributed by atoms with van der Waals surface area (Å²) in [6.07, 6.45) is 5.88. The van der Waals surface area contributed by atoms with E-state index in [1.807, 2.05) is 44.2 Å². The van der Waals surface area contributed by atoms with Crippen molar-refractivity contribution in [2.24, 2.45) is 11.3 Å². The number of amides is 5. The SMILES string of the molecule is C=C[C@@H]1C[C@]1(NC(=O)[C@@H]1C[C@@H]2CN1C(=O)[C@H](CC(=O)C=C(C)C)NC(=O)OCC(C)(C)CCC=Cc1cccc3c1CN(C3)C(=O)O2)C(=O)NS(=O)(=O)C1CC1. The van der Waals surface area contributed by atoms with Gasteiger partial charge in [0.2, 0.25) is 21.8 Å². The zero-order valence-electron chi connectivity index (χ0n) is 32.3. The second-order valence-electron chi connectivity index (χ2n) is 16.5. The Morgan fingerprint density at radius 2 is 1.86 bits per heavy atom. The number of rotatable bonds is 9. The van der Waals surface area contributed by atoms with Crippen molar-refractivity contribution in [1.82, 2.24) is 25.2 Å². The van der Waals surface area contributed by atoms with Crippen LogP contribution < -0.4 is 15.4 Å². The Balaban J connectivity index is 1.30. The normalized spacial score (nSPS) is 27.6. The van der Waals surface area contributed by atoms with Gasteiger partial charge in [0, 0.05) is 25.3 Å². The maximum atomic E-state index is 14.5. The maximum absolute atomic E-state index is 14.5. The molecule has 15 nitrogen and oxygen atoms in total. The molecule has 0 radical (unpaired) electrons. The van der Waals surface area contributed by atoms with E-state index in [0.29, 0.717) is 37.8 Å². The summed E-state index contributed by atoms with van der Waals surface area (Å²) in [5.74, 6) is -3.57. The van der Waals surface area contributed by atoms with Crippen LogP contribution >= 0.6 is 0 Å². The number of nitrogens with one attached hydrogen (secondary N) is 3. The fourth-order valence-electron chi connectivity index (χ4n) is 7.53. The van der Waals surface area contributed by atoms with Gasteiger partial charge in [-0.25, -0.2) is 18.0 Å². The monoisotopic (exact) mass is 793 g/mol. The van der Waals surface area contributed by atoms with E-state index >= 15 is 0 Å². The lowest BCUT2D eigenvalue weighted by molar-refractivity contribution is -0.141. The number of alkyl carbamates (subject to hydrolysis) is 1. The van der Waals surface area contributed by atoms with Crippen LogP contribution in [0, 0.1) is 11.3 Å². The minimum Gasteiger partial charge on any atom is -0.449 e. The fourth-order valence-corrected chi connectivity index (χ4v) is 8.89. The Hall–Kier alpha value is -4.99. The lowest BCUT2D eigenvalue weighted by atomic mass is 9.88. The minimum atomic E-state index is -3.95. The van der Waals surface area contributed by atoms with E-state index < -0.39 is 92.4 Å². The number of fused-ring (bicyclic) bond motifs is 3. The molecule has 1 aromatic carbocycles. The van der Waals surface area contributed by atoms with E-state index in [4.69, 9.17) is 9.47 Å². The number of ketones is 1. The zero-order valence-corrected chi connectivity index (χ0v) is 33.1. The third-order valence-electron chi connectivity index (χ3n) is 11.0.